The van der Waals surface area contributed by atoms with Gasteiger partial charge in [-0.3, -0.25) is 19.4 Å². The fourth-order valence-corrected chi connectivity index (χ4v) is 5.03. The molecule has 238 valence electrons. The normalized spacial score (nSPS) is 13.2. The van der Waals surface area contributed by atoms with E-state index in [-0.39, 0.29) is 28.7 Å². The van der Waals surface area contributed by atoms with Gasteiger partial charge in [-0.2, -0.15) is 13.2 Å². The summed E-state index contributed by atoms with van der Waals surface area (Å²) in [6.45, 7) is 6.02. The van der Waals surface area contributed by atoms with Crippen molar-refractivity contribution in [3.05, 3.63) is 107 Å². The topological polar surface area (TPSA) is 120 Å². The minimum atomic E-state index is -4.58. The van der Waals surface area contributed by atoms with Crippen molar-refractivity contribution in [2.45, 2.75) is 32.9 Å². The molecule has 4 aromatic rings. The van der Waals surface area contributed by atoms with Crippen LogP contribution in [-0.4, -0.2) is 57.3 Å². The van der Waals surface area contributed by atoms with Gasteiger partial charge in [0.05, 0.1) is 23.6 Å². The van der Waals surface area contributed by atoms with E-state index in [0.29, 0.717) is 29.0 Å². The maximum absolute atomic E-state index is 13.1. The van der Waals surface area contributed by atoms with Crippen molar-refractivity contribution in [3.8, 4) is 0 Å². The lowest BCUT2D eigenvalue weighted by atomic mass is 10.1. The molecule has 0 radical (unpaired) electrons. The van der Waals surface area contributed by atoms with Gasteiger partial charge in [0, 0.05) is 47.7 Å². The number of carbonyl (C=O) groups is 3. The molecule has 5 rings (SSSR count). The molecule has 0 unspecified atom stereocenters. The van der Waals surface area contributed by atoms with Crippen LogP contribution >= 0.6 is 0 Å². The molecule has 0 spiro atoms. The molecular formula is C33H32F3N7O3. The van der Waals surface area contributed by atoms with E-state index in [2.05, 4.69) is 30.9 Å². The second-order valence-electron chi connectivity index (χ2n) is 10.7. The Morgan fingerprint density at radius 1 is 0.826 bits per heavy atom. The Labute approximate surface area is 263 Å². The van der Waals surface area contributed by atoms with Gasteiger partial charge in [-0.25, -0.2) is 15.0 Å². The number of alkyl halides is 3. The number of hydrogen-bond donors (Lipinski definition) is 3. The van der Waals surface area contributed by atoms with Gasteiger partial charge >= 0.3 is 6.18 Å². The molecule has 10 nitrogen and oxygen atoms in total. The molecule has 0 aliphatic carbocycles. The van der Waals surface area contributed by atoms with E-state index in [1.165, 1.54) is 24.5 Å². The molecule has 0 atom stereocenters. The average Bonchev–Trinajstić information content (AvgIpc) is 3.58. The number of carbonyl (C=O) groups excluding carboxylic acids is 3. The Balaban J connectivity index is 1.19. The fraction of sp³-hybridized carbons (Fsp3) is 0.242. The van der Waals surface area contributed by atoms with Gasteiger partial charge in [-0.15, -0.1) is 0 Å². The largest absolute Gasteiger partial charge is 0.416 e. The second kappa shape index (κ2) is 13.8. The lowest BCUT2D eigenvalue weighted by Gasteiger charge is -2.30. The van der Waals surface area contributed by atoms with E-state index in [9.17, 15) is 27.6 Å². The van der Waals surface area contributed by atoms with Gasteiger partial charge < -0.3 is 16.0 Å². The predicted octanol–water partition coefficient (Wildman–Crippen LogP) is 6.52. The van der Waals surface area contributed by atoms with Crippen molar-refractivity contribution in [1.29, 1.82) is 0 Å². The van der Waals surface area contributed by atoms with Crippen molar-refractivity contribution >= 4 is 40.7 Å². The summed E-state index contributed by atoms with van der Waals surface area (Å²) in [4.78, 5) is 47.2. The molecule has 0 saturated carbocycles. The molecule has 0 bridgehead atoms. The van der Waals surface area contributed by atoms with E-state index in [0.717, 1.165) is 44.1 Å². The number of halogens is 3. The van der Waals surface area contributed by atoms with Gasteiger partial charge in [0.1, 0.15) is 0 Å². The molecule has 1 aliphatic rings. The highest BCUT2D eigenvalue weighted by molar-refractivity contribution is 6.08. The number of nitrogens with zero attached hydrogens (tertiary/aromatic N) is 4. The molecule has 1 aromatic heterocycles. The first kappa shape index (κ1) is 32.1. The maximum atomic E-state index is 13.1. The summed E-state index contributed by atoms with van der Waals surface area (Å²) in [6.07, 6.45) is 0.428. The number of rotatable bonds is 9. The standard InChI is InChI=1S/C33H32F3N7O3/c1-3-43(42-15-4-5-16-42)31(46)22-10-13-25(14-11-22)41-32-37-19-27(20-38-32)40-30(45)28-18-26(12-9-21(28)2)39-29(44)23-7-6-8-24(17-23)33(34,35)36/h6-14,17-20H,3-5,15-16H2,1-2H3,(H,39,44)(H,40,45)(H,37,38,41). The summed E-state index contributed by atoms with van der Waals surface area (Å²) in [5.74, 6) is -1.01. The average molecular weight is 632 g/mol. The lowest BCUT2D eigenvalue weighted by molar-refractivity contribution is -0.137. The Bertz CT molecular complexity index is 1720. The molecular weight excluding hydrogens is 599 g/mol. The van der Waals surface area contributed by atoms with E-state index < -0.39 is 23.6 Å². The van der Waals surface area contributed by atoms with E-state index in [4.69, 9.17) is 0 Å². The number of nitrogens with one attached hydrogen (secondary N) is 3. The molecule has 2 heterocycles. The zero-order valence-electron chi connectivity index (χ0n) is 25.2. The quantitative estimate of drug-likeness (QED) is 0.192. The number of hydrogen-bond acceptors (Lipinski definition) is 7. The smallest absolute Gasteiger partial charge is 0.324 e. The van der Waals surface area contributed by atoms with Crippen LogP contribution in [-0.2, 0) is 6.18 Å². The van der Waals surface area contributed by atoms with Gasteiger partial charge in [-0.05, 0) is 86.8 Å². The van der Waals surface area contributed by atoms with E-state index >= 15 is 0 Å². The molecule has 3 N–H and O–H groups in total. The predicted molar refractivity (Wildman–Crippen MR) is 168 cm³/mol. The van der Waals surface area contributed by atoms with Crippen LogP contribution < -0.4 is 16.0 Å². The minimum absolute atomic E-state index is 0.0498. The van der Waals surface area contributed by atoms with Crippen LogP contribution in [0.1, 0.15) is 62.0 Å². The highest BCUT2D eigenvalue weighted by Gasteiger charge is 2.31. The number of aryl methyl sites for hydroxylation is 1. The lowest BCUT2D eigenvalue weighted by Crippen LogP contribution is -2.44. The zero-order chi connectivity index (χ0) is 32.8. The van der Waals surface area contributed by atoms with Crippen molar-refractivity contribution in [3.63, 3.8) is 0 Å². The van der Waals surface area contributed by atoms with Gasteiger partial charge in [0.25, 0.3) is 17.7 Å². The van der Waals surface area contributed by atoms with Gasteiger partial charge in [0.15, 0.2) is 0 Å². The van der Waals surface area contributed by atoms with Crippen molar-refractivity contribution in [2.75, 3.05) is 35.6 Å². The summed E-state index contributed by atoms with van der Waals surface area (Å²) < 4.78 is 39.2. The first-order chi connectivity index (χ1) is 22.0. The van der Waals surface area contributed by atoms with Gasteiger partial charge in [-0.1, -0.05) is 12.1 Å². The molecule has 1 saturated heterocycles. The van der Waals surface area contributed by atoms with Crippen LogP contribution in [0.25, 0.3) is 0 Å². The highest BCUT2D eigenvalue weighted by Crippen LogP contribution is 2.30. The SMILES string of the molecule is CCN(C(=O)c1ccc(Nc2ncc(NC(=O)c3cc(NC(=O)c4cccc(C(F)(F)F)c4)ccc3C)cn2)cc1)N1CCCC1. The van der Waals surface area contributed by atoms with Crippen molar-refractivity contribution < 1.29 is 27.6 Å². The van der Waals surface area contributed by atoms with E-state index in [1.54, 1.807) is 48.3 Å². The molecule has 46 heavy (non-hydrogen) atoms. The highest BCUT2D eigenvalue weighted by atomic mass is 19.4. The molecule has 1 fully saturated rings. The monoisotopic (exact) mass is 631 g/mol. The zero-order valence-corrected chi connectivity index (χ0v) is 25.2. The Morgan fingerprint density at radius 2 is 1.48 bits per heavy atom. The number of anilines is 4. The third-order valence-corrected chi connectivity index (χ3v) is 7.45. The first-order valence-corrected chi connectivity index (χ1v) is 14.7. The Morgan fingerprint density at radius 3 is 2.13 bits per heavy atom. The summed E-state index contributed by atoms with van der Waals surface area (Å²) >= 11 is 0. The molecule has 1 aliphatic heterocycles. The number of aromatic nitrogens is 2. The number of amides is 3. The van der Waals surface area contributed by atoms with E-state index in [1.807, 2.05) is 6.92 Å². The molecule has 3 aromatic carbocycles. The fourth-order valence-electron chi connectivity index (χ4n) is 5.03. The first-order valence-electron chi connectivity index (χ1n) is 14.7. The van der Waals surface area contributed by atoms with Crippen molar-refractivity contribution in [1.82, 2.24) is 20.0 Å². The van der Waals surface area contributed by atoms with Crippen LogP contribution in [0.15, 0.2) is 79.1 Å². The molecule has 3 amide bonds. The van der Waals surface area contributed by atoms with Crippen LogP contribution in [0, 0.1) is 6.92 Å². The van der Waals surface area contributed by atoms with Crippen LogP contribution in [0.3, 0.4) is 0 Å². The van der Waals surface area contributed by atoms with Crippen LogP contribution in [0.4, 0.5) is 36.2 Å². The summed E-state index contributed by atoms with van der Waals surface area (Å²) in [6, 6.07) is 15.7. The second-order valence-corrected chi connectivity index (χ2v) is 10.7. The number of benzene rings is 3. The third-order valence-electron chi connectivity index (χ3n) is 7.45. The summed E-state index contributed by atoms with van der Waals surface area (Å²) in [5.41, 5.74) is 1.55. The maximum Gasteiger partial charge on any atom is 0.416 e. The van der Waals surface area contributed by atoms with Crippen LogP contribution in [0.2, 0.25) is 0 Å². The third kappa shape index (κ3) is 7.67. The van der Waals surface area contributed by atoms with Crippen LogP contribution in [0.5, 0.6) is 0 Å². The summed E-state index contributed by atoms with van der Waals surface area (Å²) in [7, 11) is 0. The number of hydrazine groups is 1. The molecule has 13 heteroatoms. The summed E-state index contributed by atoms with van der Waals surface area (Å²) in [5, 5.41) is 12.2. The Kier molecular flexibility index (Phi) is 9.61. The minimum Gasteiger partial charge on any atom is -0.324 e. The Hall–Kier alpha value is -5.30. The van der Waals surface area contributed by atoms with Gasteiger partial charge in [0.2, 0.25) is 5.95 Å². The van der Waals surface area contributed by atoms with Crippen molar-refractivity contribution in [2.24, 2.45) is 0 Å².